The lowest BCUT2D eigenvalue weighted by molar-refractivity contribution is 0.0709. The van der Waals surface area contributed by atoms with Gasteiger partial charge in [0.2, 0.25) is 0 Å². The summed E-state index contributed by atoms with van der Waals surface area (Å²) >= 11 is 0. The molecule has 4 N–H and O–H groups in total. The van der Waals surface area contributed by atoms with Gasteiger partial charge in [0.05, 0.1) is 13.2 Å². The SMILES string of the molecule is COc1cccc2[nH]cc(CCNC(=O)NC[C@H]3CCCC[C@@H]3O)c12. The van der Waals surface area contributed by atoms with Gasteiger partial charge in [-0.05, 0) is 37.0 Å². The normalized spacial score (nSPS) is 20.4. The van der Waals surface area contributed by atoms with Crippen molar-refractivity contribution in [3.05, 3.63) is 30.0 Å². The third kappa shape index (κ3) is 4.25. The van der Waals surface area contributed by atoms with Crippen molar-refractivity contribution in [1.82, 2.24) is 15.6 Å². The van der Waals surface area contributed by atoms with Crippen LogP contribution in [-0.4, -0.2) is 42.4 Å². The van der Waals surface area contributed by atoms with E-state index in [0.29, 0.717) is 13.1 Å². The maximum absolute atomic E-state index is 12.0. The lowest BCUT2D eigenvalue weighted by atomic mass is 9.86. The predicted molar refractivity (Wildman–Crippen MR) is 97.9 cm³/mol. The van der Waals surface area contributed by atoms with Gasteiger partial charge in [-0.1, -0.05) is 18.9 Å². The molecule has 2 aromatic rings. The Labute approximate surface area is 147 Å². The molecular formula is C19H27N3O3. The Hall–Kier alpha value is -2.21. The highest BCUT2D eigenvalue weighted by molar-refractivity contribution is 5.89. The minimum atomic E-state index is -0.285. The number of ether oxygens (including phenoxy) is 1. The van der Waals surface area contributed by atoms with Crippen molar-refractivity contribution in [2.45, 2.75) is 38.2 Å². The smallest absolute Gasteiger partial charge is 0.314 e. The second-order valence-electron chi connectivity index (χ2n) is 6.70. The number of carbonyl (C=O) groups is 1. The summed E-state index contributed by atoms with van der Waals surface area (Å²) < 4.78 is 5.43. The first-order chi connectivity index (χ1) is 12.2. The third-order valence-corrected chi connectivity index (χ3v) is 5.04. The van der Waals surface area contributed by atoms with Gasteiger partial charge in [0.15, 0.2) is 0 Å². The van der Waals surface area contributed by atoms with Gasteiger partial charge in [0.25, 0.3) is 0 Å². The van der Waals surface area contributed by atoms with E-state index in [4.69, 9.17) is 4.74 Å². The number of urea groups is 1. The average Bonchev–Trinajstić information content (AvgIpc) is 3.04. The second-order valence-corrected chi connectivity index (χ2v) is 6.70. The topological polar surface area (TPSA) is 86.4 Å². The minimum absolute atomic E-state index is 0.176. The highest BCUT2D eigenvalue weighted by Crippen LogP contribution is 2.28. The molecule has 1 heterocycles. The molecule has 6 nitrogen and oxygen atoms in total. The summed E-state index contributed by atoms with van der Waals surface area (Å²) in [6.07, 6.45) is 6.44. The van der Waals surface area contributed by atoms with E-state index in [-0.39, 0.29) is 18.1 Å². The molecule has 0 bridgehead atoms. The molecule has 0 aliphatic heterocycles. The van der Waals surface area contributed by atoms with Crippen molar-refractivity contribution in [2.75, 3.05) is 20.2 Å². The average molecular weight is 345 g/mol. The van der Waals surface area contributed by atoms with E-state index >= 15 is 0 Å². The molecule has 0 spiro atoms. The number of methoxy groups -OCH3 is 1. The van der Waals surface area contributed by atoms with E-state index in [2.05, 4.69) is 15.6 Å². The zero-order chi connectivity index (χ0) is 17.6. The van der Waals surface area contributed by atoms with Crippen LogP contribution in [-0.2, 0) is 6.42 Å². The number of hydrogen-bond acceptors (Lipinski definition) is 3. The summed E-state index contributed by atoms with van der Waals surface area (Å²) in [6, 6.07) is 5.73. The Balaban J connectivity index is 1.47. The third-order valence-electron chi connectivity index (χ3n) is 5.04. The lowest BCUT2D eigenvalue weighted by Gasteiger charge is -2.27. The van der Waals surface area contributed by atoms with Crippen molar-refractivity contribution in [3.8, 4) is 5.75 Å². The van der Waals surface area contributed by atoms with Crippen molar-refractivity contribution in [3.63, 3.8) is 0 Å². The Kier molecular flexibility index (Phi) is 5.81. The molecule has 136 valence electrons. The molecule has 1 fully saturated rings. The zero-order valence-corrected chi connectivity index (χ0v) is 14.7. The highest BCUT2D eigenvalue weighted by Gasteiger charge is 2.23. The molecule has 6 heteroatoms. The fraction of sp³-hybridized carbons (Fsp3) is 0.526. The van der Waals surface area contributed by atoms with Gasteiger partial charge in [-0.3, -0.25) is 0 Å². The van der Waals surface area contributed by atoms with Crippen LogP contribution in [0.3, 0.4) is 0 Å². The number of aromatic nitrogens is 1. The summed E-state index contributed by atoms with van der Waals surface area (Å²) in [5.41, 5.74) is 2.15. The number of aliphatic hydroxyl groups is 1. The maximum Gasteiger partial charge on any atom is 0.314 e. The molecule has 2 amide bonds. The number of benzene rings is 1. The quantitative estimate of drug-likeness (QED) is 0.649. The van der Waals surface area contributed by atoms with E-state index in [1.54, 1.807) is 7.11 Å². The van der Waals surface area contributed by atoms with Gasteiger partial charge >= 0.3 is 6.03 Å². The summed E-state index contributed by atoms with van der Waals surface area (Å²) in [5.74, 6) is 1.02. The molecule has 2 atom stereocenters. The van der Waals surface area contributed by atoms with E-state index < -0.39 is 0 Å². The molecule has 1 aromatic carbocycles. The monoisotopic (exact) mass is 345 g/mol. The fourth-order valence-corrected chi connectivity index (χ4v) is 3.61. The second kappa shape index (κ2) is 8.25. The molecule has 0 saturated heterocycles. The first kappa shape index (κ1) is 17.6. The maximum atomic E-state index is 12.0. The van der Waals surface area contributed by atoms with Crippen molar-refractivity contribution in [2.24, 2.45) is 5.92 Å². The van der Waals surface area contributed by atoms with E-state index in [1.165, 1.54) is 0 Å². The predicted octanol–water partition coefficient (Wildman–Crippen LogP) is 2.57. The minimum Gasteiger partial charge on any atom is -0.496 e. The van der Waals surface area contributed by atoms with Crippen LogP contribution in [0, 0.1) is 5.92 Å². The number of amides is 2. The number of H-pyrrole nitrogens is 1. The Morgan fingerprint density at radius 2 is 2.16 bits per heavy atom. The highest BCUT2D eigenvalue weighted by atomic mass is 16.5. The van der Waals surface area contributed by atoms with Crippen molar-refractivity contribution < 1.29 is 14.6 Å². The Morgan fingerprint density at radius 3 is 2.96 bits per heavy atom. The zero-order valence-electron chi connectivity index (χ0n) is 14.7. The van der Waals surface area contributed by atoms with E-state index in [9.17, 15) is 9.90 Å². The van der Waals surface area contributed by atoms with Crippen LogP contribution in [0.4, 0.5) is 4.79 Å². The van der Waals surface area contributed by atoms with Crippen molar-refractivity contribution >= 4 is 16.9 Å². The summed E-state index contributed by atoms with van der Waals surface area (Å²) in [6.45, 7) is 1.08. The number of nitrogens with one attached hydrogen (secondary N) is 3. The molecular weight excluding hydrogens is 318 g/mol. The Bertz CT molecular complexity index is 713. The van der Waals surface area contributed by atoms with Crippen LogP contribution in [0.25, 0.3) is 10.9 Å². The molecule has 3 rings (SSSR count). The van der Waals surface area contributed by atoms with E-state index in [1.807, 2.05) is 24.4 Å². The van der Waals surface area contributed by atoms with Gasteiger partial charge in [-0.2, -0.15) is 0 Å². The number of hydrogen-bond donors (Lipinski definition) is 4. The number of fused-ring (bicyclic) bond motifs is 1. The van der Waals surface area contributed by atoms with Crippen LogP contribution in [0.1, 0.15) is 31.2 Å². The summed E-state index contributed by atoms with van der Waals surface area (Å²) in [5, 5.41) is 16.8. The van der Waals surface area contributed by atoms with Gasteiger partial charge < -0.3 is 25.5 Å². The number of aliphatic hydroxyl groups excluding tert-OH is 1. The van der Waals surface area contributed by atoms with Crippen LogP contribution in [0.2, 0.25) is 0 Å². The van der Waals surface area contributed by atoms with Gasteiger partial charge in [-0.15, -0.1) is 0 Å². The first-order valence-corrected chi connectivity index (χ1v) is 9.01. The van der Waals surface area contributed by atoms with Gasteiger partial charge in [0.1, 0.15) is 5.75 Å². The fourth-order valence-electron chi connectivity index (χ4n) is 3.61. The first-order valence-electron chi connectivity index (χ1n) is 9.01. The molecule has 25 heavy (non-hydrogen) atoms. The van der Waals surface area contributed by atoms with Crippen LogP contribution in [0.15, 0.2) is 24.4 Å². The van der Waals surface area contributed by atoms with Crippen LogP contribution in [0.5, 0.6) is 5.75 Å². The van der Waals surface area contributed by atoms with Crippen LogP contribution >= 0.6 is 0 Å². The van der Waals surface area contributed by atoms with Gasteiger partial charge in [-0.25, -0.2) is 4.79 Å². The standard InChI is InChI=1S/C19H27N3O3/c1-25-17-8-4-6-15-18(17)14(12-21-15)9-10-20-19(24)22-11-13-5-2-3-7-16(13)23/h4,6,8,12-13,16,21,23H,2-3,5,7,9-11H2,1H3,(H2,20,22,24)/t13-,16+/m1/s1. The number of aromatic amines is 1. The summed E-state index contributed by atoms with van der Waals surface area (Å²) in [7, 11) is 1.66. The Morgan fingerprint density at radius 1 is 1.32 bits per heavy atom. The molecule has 0 radical (unpaired) electrons. The molecule has 1 aliphatic rings. The molecule has 1 saturated carbocycles. The number of carbonyl (C=O) groups excluding carboxylic acids is 1. The number of rotatable bonds is 6. The van der Waals surface area contributed by atoms with E-state index in [0.717, 1.165) is 54.3 Å². The summed E-state index contributed by atoms with van der Waals surface area (Å²) in [4.78, 5) is 15.2. The van der Waals surface area contributed by atoms with Crippen molar-refractivity contribution in [1.29, 1.82) is 0 Å². The molecule has 1 aromatic heterocycles. The largest absolute Gasteiger partial charge is 0.496 e. The van der Waals surface area contributed by atoms with Gasteiger partial charge in [0, 0.05) is 36.1 Å². The molecule has 1 aliphatic carbocycles. The lowest BCUT2D eigenvalue weighted by Crippen LogP contribution is -2.42. The van der Waals surface area contributed by atoms with Crippen LogP contribution < -0.4 is 15.4 Å². The molecule has 0 unspecified atom stereocenters.